The molecular formula is C13H7F3N4O. The first-order valence-corrected chi connectivity index (χ1v) is 5.61. The predicted octanol–water partition coefficient (Wildman–Crippen LogP) is 2.62. The first-order valence-electron chi connectivity index (χ1n) is 5.61. The van der Waals surface area contributed by atoms with Gasteiger partial charge in [-0.25, -0.2) is 0 Å². The lowest BCUT2D eigenvalue weighted by Crippen LogP contribution is -2.14. The van der Waals surface area contributed by atoms with Crippen molar-refractivity contribution in [1.29, 1.82) is 5.26 Å². The van der Waals surface area contributed by atoms with Crippen LogP contribution in [0.4, 0.5) is 18.9 Å². The van der Waals surface area contributed by atoms with E-state index < -0.39 is 23.2 Å². The normalized spacial score (nSPS) is 10.8. The number of amides is 1. The van der Waals surface area contributed by atoms with Crippen molar-refractivity contribution in [3.8, 4) is 6.07 Å². The monoisotopic (exact) mass is 292 g/mol. The van der Waals surface area contributed by atoms with Crippen LogP contribution < -0.4 is 5.32 Å². The topological polar surface area (TPSA) is 78.7 Å². The zero-order valence-corrected chi connectivity index (χ0v) is 10.3. The van der Waals surface area contributed by atoms with Gasteiger partial charge in [0.15, 0.2) is 0 Å². The van der Waals surface area contributed by atoms with Gasteiger partial charge in [0.25, 0.3) is 5.91 Å². The summed E-state index contributed by atoms with van der Waals surface area (Å²) in [7, 11) is 0. The van der Waals surface area contributed by atoms with Crippen molar-refractivity contribution in [2.75, 3.05) is 5.32 Å². The number of anilines is 1. The SMILES string of the molecule is N#Cc1ccc(NC(=O)c2ccnnc2)cc1C(F)(F)F. The highest BCUT2D eigenvalue weighted by Crippen LogP contribution is 2.33. The van der Waals surface area contributed by atoms with Crippen LogP contribution in [0.15, 0.2) is 36.7 Å². The molecule has 0 aliphatic heterocycles. The summed E-state index contributed by atoms with van der Waals surface area (Å²) in [5, 5.41) is 18.0. The second kappa shape index (κ2) is 5.58. The van der Waals surface area contributed by atoms with Crippen molar-refractivity contribution in [3.05, 3.63) is 53.3 Å². The van der Waals surface area contributed by atoms with Gasteiger partial charge in [0.1, 0.15) is 0 Å². The van der Waals surface area contributed by atoms with E-state index >= 15 is 0 Å². The Hall–Kier alpha value is -2.95. The van der Waals surface area contributed by atoms with Crippen LogP contribution in [0.2, 0.25) is 0 Å². The minimum Gasteiger partial charge on any atom is -0.322 e. The molecule has 0 aliphatic carbocycles. The molecule has 2 aromatic rings. The fraction of sp³-hybridized carbons (Fsp3) is 0.0769. The smallest absolute Gasteiger partial charge is 0.322 e. The van der Waals surface area contributed by atoms with Crippen LogP contribution in [0, 0.1) is 11.3 Å². The van der Waals surface area contributed by atoms with Crippen molar-refractivity contribution in [2.24, 2.45) is 0 Å². The van der Waals surface area contributed by atoms with E-state index in [1.54, 1.807) is 0 Å². The molecule has 0 unspecified atom stereocenters. The van der Waals surface area contributed by atoms with Gasteiger partial charge in [-0.15, -0.1) is 0 Å². The summed E-state index contributed by atoms with van der Waals surface area (Å²) in [6, 6.07) is 5.77. The Bertz CT molecular complexity index is 708. The van der Waals surface area contributed by atoms with Gasteiger partial charge in [0, 0.05) is 5.69 Å². The largest absolute Gasteiger partial charge is 0.417 e. The third-order valence-corrected chi connectivity index (χ3v) is 2.55. The van der Waals surface area contributed by atoms with Gasteiger partial charge in [-0.2, -0.15) is 28.6 Å². The second-order valence-electron chi connectivity index (χ2n) is 3.96. The summed E-state index contributed by atoms with van der Waals surface area (Å²) < 4.78 is 38.4. The molecule has 1 N–H and O–H groups in total. The van der Waals surface area contributed by atoms with Gasteiger partial charge in [0.05, 0.1) is 35.2 Å². The maximum atomic E-state index is 12.8. The zero-order chi connectivity index (χ0) is 15.5. The lowest BCUT2D eigenvalue weighted by atomic mass is 10.1. The number of nitrogens with one attached hydrogen (secondary N) is 1. The van der Waals surface area contributed by atoms with Crippen molar-refractivity contribution in [3.63, 3.8) is 0 Å². The maximum absolute atomic E-state index is 12.8. The van der Waals surface area contributed by atoms with Gasteiger partial charge < -0.3 is 5.32 Å². The van der Waals surface area contributed by atoms with E-state index in [-0.39, 0.29) is 11.3 Å². The third kappa shape index (κ3) is 3.33. The number of aromatic nitrogens is 2. The maximum Gasteiger partial charge on any atom is 0.417 e. The lowest BCUT2D eigenvalue weighted by molar-refractivity contribution is -0.137. The molecular weight excluding hydrogens is 285 g/mol. The molecule has 1 aromatic carbocycles. The van der Waals surface area contributed by atoms with E-state index in [4.69, 9.17) is 5.26 Å². The molecule has 0 saturated carbocycles. The number of nitrogens with zero attached hydrogens (tertiary/aromatic N) is 3. The molecule has 0 spiro atoms. The van der Waals surface area contributed by atoms with Crippen molar-refractivity contribution >= 4 is 11.6 Å². The number of hydrogen-bond acceptors (Lipinski definition) is 4. The van der Waals surface area contributed by atoms with Gasteiger partial charge in [-0.05, 0) is 24.3 Å². The molecule has 0 bridgehead atoms. The minimum atomic E-state index is -4.68. The summed E-state index contributed by atoms with van der Waals surface area (Å²) in [6.45, 7) is 0. The van der Waals surface area contributed by atoms with Gasteiger partial charge in [0.2, 0.25) is 0 Å². The van der Waals surface area contributed by atoms with Gasteiger partial charge >= 0.3 is 6.18 Å². The predicted molar refractivity (Wildman–Crippen MR) is 66.1 cm³/mol. The number of hydrogen-bond donors (Lipinski definition) is 1. The average molecular weight is 292 g/mol. The molecule has 0 aliphatic rings. The Labute approximate surface area is 117 Å². The van der Waals surface area contributed by atoms with E-state index in [0.717, 1.165) is 6.07 Å². The summed E-state index contributed by atoms with van der Waals surface area (Å²) in [5.41, 5.74) is -1.52. The van der Waals surface area contributed by atoms with Crippen LogP contribution in [0.1, 0.15) is 21.5 Å². The van der Waals surface area contributed by atoms with Crippen LogP contribution in [0.5, 0.6) is 0 Å². The minimum absolute atomic E-state index is 0.0665. The molecule has 1 amide bonds. The summed E-state index contributed by atoms with van der Waals surface area (Å²) >= 11 is 0. The first kappa shape index (κ1) is 14.5. The van der Waals surface area contributed by atoms with Gasteiger partial charge in [-0.3, -0.25) is 4.79 Å². The van der Waals surface area contributed by atoms with Gasteiger partial charge in [-0.1, -0.05) is 0 Å². The summed E-state index contributed by atoms with van der Waals surface area (Å²) in [4.78, 5) is 11.8. The van der Waals surface area contributed by atoms with Crippen molar-refractivity contribution < 1.29 is 18.0 Å². The number of alkyl halides is 3. The van der Waals surface area contributed by atoms with E-state index in [0.29, 0.717) is 6.07 Å². The second-order valence-corrected chi connectivity index (χ2v) is 3.96. The Balaban J connectivity index is 2.30. The molecule has 21 heavy (non-hydrogen) atoms. The third-order valence-electron chi connectivity index (χ3n) is 2.55. The first-order chi connectivity index (χ1) is 9.91. The van der Waals surface area contributed by atoms with Crippen LogP contribution in [-0.4, -0.2) is 16.1 Å². The summed E-state index contributed by atoms with van der Waals surface area (Å²) in [5.74, 6) is -0.622. The molecule has 0 radical (unpaired) electrons. The van der Waals surface area contributed by atoms with E-state index in [1.165, 1.54) is 30.6 Å². The van der Waals surface area contributed by atoms with Crippen LogP contribution in [0.3, 0.4) is 0 Å². The van der Waals surface area contributed by atoms with E-state index in [2.05, 4.69) is 15.5 Å². The fourth-order valence-corrected chi connectivity index (χ4v) is 1.58. The molecule has 8 heteroatoms. The Morgan fingerprint density at radius 1 is 1.24 bits per heavy atom. The van der Waals surface area contributed by atoms with E-state index in [1.807, 2.05) is 0 Å². The summed E-state index contributed by atoms with van der Waals surface area (Å²) in [6.07, 6.45) is -2.21. The standard InChI is InChI=1S/C13H7F3N4O/c14-13(15,16)11-5-10(2-1-8(11)6-17)20-12(21)9-3-4-18-19-7-9/h1-5,7H,(H,20,21). The number of halogens is 3. The number of benzene rings is 1. The molecule has 0 atom stereocenters. The van der Waals surface area contributed by atoms with Crippen LogP contribution in [0.25, 0.3) is 0 Å². The Kier molecular flexibility index (Phi) is 3.84. The van der Waals surface area contributed by atoms with Crippen LogP contribution >= 0.6 is 0 Å². The Morgan fingerprint density at radius 2 is 2.00 bits per heavy atom. The molecule has 1 heterocycles. The van der Waals surface area contributed by atoms with Crippen molar-refractivity contribution in [1.82, 2.24) is 10.2 Å². The van der Waals surface area contributed by atoms with Crippen molar-refractivity contribution in [2.45, 2.75) is 6.18 Å². The van der Waals surface area contributed by atoms with Crippen LogP contribution in [-0.2, 0) is 6.18 Å². The van der Waals surface area contributed by atoms with E-state index in [9.17, 15) is 18.0 Å². The number of carbonyl (C=O) groups is 1. The highest BCUT2D eigenvalue weighted by atomic mass is 19.4. The Morgan fingerprint density at radius 3 is 2.57 bits per heavy atom. The highest BCUT2D eigenvalue weighted by molar-refractivity contribution is 6.04. The molecule has 0 saturated heterocycles. The molecule has 106 valence electrons. The number of rotatable bonds is 2. The molecule has 2 rings (SSSR count). The highest BCUT2D eigenvalue weighted by Gasteiger charge is 2.33. The fourth-order valence-electron chi connectivity index (χ4n) is 1.58. The lowest BCUT2D eigenvalue weighted by Gasteiger charge is -2.11. The number of nitriles is 1. The number of carbonyl (C=O) groups excluding carboxylic acids is 1. The molecule has 5 nitrogen and oxygen atoms in total. The molecule has 0 fully saturated rings. The molecule has 1 aromatic heterocycles. The average Bonchev–Trinajstić information content (AvgIpc) is 2.47. The quantitative estimate of drug-likeness (QED) is 0.922. The zero-order valence-electron chi connectivity index (χ0n) is 10.3.